The molecule has 20 heavy (non-hydrogen) atoms. The molecule has 0 radical (unpaired) electrons. The zero-order valence-corrected chi connectivity index (χ0v) is 11.9. The van der Waals surface area contributed by atoms with Crippen molar-refractivity contribution in [3.8, 4) is 0 Å². The van der Waals surface area contributed by atoms with Crippen molar-refractivity contribution >= 4 is 34.0 Å². The van der Waals surface area contributed by atoms with Crippen molar-refractivity contribution in [3.05, 3.63) is 59.9 Å². The van der Waals surface area contributed by atoms with Crippen LogP contribution in [-0.2, 0) is 0 Å². The molecule has 1 heterocycles. The number of fused-ring (bicyclic) bond motifs is 1. The fourth-order valence-corrected chi connectivity index (χ4v) is 2.47. The molecule has 0 saturated carbocycles. The first-order chi connectivity index (χ1) is 9.79. The van der Waals surface area contributed by atoms with Crippen molar-refractivity contribution in [2.24, 2.45) is 0 Å². The van der Waals surface area contributed by atoms with Crippen LogP contribution in [0.15, 0.2) is 54.6 Å². The maximum atomic E-state index is 6.06. The van der Waals surface area contributed by atoms with Crippen LogP contribution in [-0.4, -0.2) is 16.5 Å². The van der Waals surface area contributed by atoms with E-state index in [1.54, 1.807) is 0 Å². The minimum absolute atomic E-state index is 0.271. The Balaban J connectivity index is 2.22. The maximum absolute atomic E-state index is 6.06. The van der Waals surface area contributed by atoms with Gasteiger partial charge in [0.05, 0.1) is 5.52 Å². The normalized spacial score (nSPS) is 10.7. The number of hydrogen-bond acceptors (Lipinski definition) is 3. The van der Waals surface area contributed by atoms with Gasteiger partial charge in [-0.05, 0) is 42.8 Å². The summed E-state index contributed by atoms with van der Waals surface area (Å²) in [5.41, 5.74) is 1.95. The lowest BCUT2D eigenvalue weighted by Gasteiger charge is -2.23. The first-order valence-electron chi connectivity index (χ1n) is 6.54. The Morgan fingerprint density at radius 1 is 0.950 bits per heavy atom. The number of para-hydroxylation sites is 2. The fraction of sp³-hybridized carbons (Fsp3) is 0.125. The summed E-state index contributed by atoms with van der Waals surface area (Å²) in [6.45, 7) is 2.90. The summed E-state index contributed by atoms with van der Waals surface area (Å²) < 4.78 is 0. The van der Waals surface area contributed by atoms with E-state index in [1.807, 2.05) is 42.5 Å². The van der Waals surface area contributed by atoms with E-state index in [4.69, 9.17) is 11.6 Å². The third kappa shape index (κ3) is 2.32. The van der Waals surface area contributed by atoms with Crippen LogP contribution in [0.4, 0.5) is 11.5 Å². The van der Waals surface area contributed by atoms with Crippen molar-refractivity contribution in [1.29, 1.82) is 0 Å². The van der Waals surface area contributed by atoms with Gasteiger partial charge in [0.1, 0.15) is 5.82 Å². The molecule has 3 nitrogen and oxygen atoms in total. The summed E-state index contributed by atoms with van der Waals surface area (Å²) in [6.07, 6.45) is 0. The van der Waals surface area contributed by atoms with E-state index in [0.717, 1.165) is 29.0 Å². The van der Waals surface area contributed by atoms with Crippen LogP contribution in [0.25, 0.3) is 10.9 Å². The predicted octanol–water partition coefficient (Wildman–Crippen LogP) is 4.44. The molecule has 4 heteroatoms. The molecule has 0 N–H and O–H groups in total. The first kappa shape index (κ1) is 12.9. The van der Waals surface area contributed by atoms with Crippen molar-refractivity contribution in [3.63, 3.8) is 0 Å². The van der Waals surface area contributed by atoms with E-state index >= 15 is 0 Å². The van der Waals surface area contributed by atoms with Crippen LogP contribution < -0.4 is 4.90 Å². The van der Waals surface area contributed by atoms with Gasteiger partial charge < -0.3 is 4.90 Å². The van der Waals surface area contributed by atoms with Gasteiger partial charge in [-0.15, -0.1) is 0 Å². The van der Waals surface area contributed by atoms with Gasteiger partial charge in [-0.3, -0.25) is 0 Å². The lowest BCUT2D eigenvalue weighted by atomic mass is 10.2. The van der Waals surface area contributed by atoms with Crippen LogP contribution in [0.1, 0.15) is 6.92 Å². The third-order valence-electron chi connectivity index (χ3n) is 3.20. The molecule has 0 atom stereocenters. The van der Waals surface area contributed by atoms with Crippen molar-refractivity contribution in [2.75, 3.05) is 11.4 Å². The van der Waals surface area contributed by atoms with Gasteiger partial charge in [0, 0.05) is 17.6 Å². The molecule has 2 aromatic carbocycles. The largest absolute Gasteiger partial charge is 0.326 e. The molecule has 0 fully saturated rings. The van der Waals surface area contributed by atoms with Crippen LogP contribution in [0.2, 0.25) is 5.28 Å². The smallest absolute Gasteiger partial charge is 0.224 e. The number of aromatic nitrogens is 2. The number of nitrogens with zero attached hydrogens (tertiary/aromatic N) is 3. The van der Waals surface area contributed by atoms with Crippen molar-refractivity contribution in [1.82, 2.24) is 9.97 Å². The van der Waals surface area contributed by atoms with Crippen LogP contribution in [0, 0.1) is 0 Å². The predicted molar refractivity (Wildman–Crippen MR) is 83.7 cm³/mol. The topological polar surface area (TPSA) is 29.0 Å². The molecule has 1 aromatic heterocycles. The Labute approximate surface area is 122 Å². The van der Waals surface area contributed by atoms with Gasteiger partial charge in [0.25, 0.3) is 0 Å². The van der Waals surface area contributed by atoms with Crippen LogP contribution >= 0.6 is 11.6 Å². The molecule has 0 aliphatic carbocycles. The van der Waals surface area contributed by atoms with Gasteiger partial charge in [-0.2, -0.15) is 4.98 Å². The molecule has 0 bridgehead atoms. The van der Waals surface area contributed by atoms with Crippen molar-refractivity contribution < 1.29 is 0 Å². The number of halogens is 1. The average Bonchev–Trinajstić information content (AvgIpc) is 2.49. The number of hydrogen-bond donors (Lipinski definition) is 0. The zero-order valence-electron chi connectivity index (χ0n) is 11.1. The highest BCUT2D eigenvalue weighted by atomic mass is 35.5. The Kier molecular flexibility index (Phi) is 3.52. The minimum atomic E-state index is 0.271. The Hall–Kier alpha value is -2.13. The molecule has 0 saturated heterocycles. The Morgan fingerprint density at radius 2 is 1.65 bits per heavy atom. The lowest BCUT2D eigenvalue weighted by molar-refractivity contribution is 0.990. The van der Waals surface area contributed by atoms with E-state index in [2.05, 4.69) is 33.9 Å². The summed E-state index contributed by atoms with van der Waals surface area (Å²) >= 11 is 6.06. The molecule has 0 aliphatic heterocycles. The van der Waals surface area contributed by atoms with E-state index in [1.165, 1.54) is 0 Å². The molecule has 3 aromatic rings. The number of anilines is 2. The number of benzene rings is 2. The summed E-state index contributed by atoms with van der Waals surface area (Å²) in [6, 6.07) is 18.1. The minimum Gasteiger partial charge on any atom is -0.326 e. The van der Waals surface area contributed by atoms with Gasteiger partial charge in [0.2, 0.25) is 5.28 Å². The average molecular weight is 284 g/mol. The SMILES string of the molecule is CCN(c1ccccc1)c1nc(Cl)nc2ccccc12. The second-order valence-corrected chi connectivity index (χ2v) is 4.75. The van der Waals surface area contributed by atoms with Crippen LogP contribution in [0.5, 0.6) is 0 Å². The number of rotatable bonds is 3. The highest BCUT2D eigenvalue weighted by Gasteiger charge is 2.14. The quantitative estimate of drug-likeness (QED) is 0.665. The molecule has 0 spiro atoms. The van der Waals surface area contributed by atoms with E-state index in [9.17, 15) is 0 Å². The van der Waals surface area contributed by atoms with Crippen molar-refractivity contribution in [2.45, 2.75) is 6.92 Å². The van der Waals surface area contributed by atoms with Gasteiger partial charge in [-0.1, -0.05) is 30.3 Å². The third-order valence-corrected chi connectivity index (χ3v) is 3.36. The second-order valence-electron chi connectivity index (χ2n) is 4.41. The summed E-state index contributed by atoms with van der Waals surface area (Å²) in [7, 11) is 0. The molecule has 0 amide bonds. The van der Waals surface area contributed by atoms with E-state index in [0.29, 0.717) is 0 Å². The highest BCUT2D eigenvalue weighted by molar-refractivity contribution is 6.28. The standard InChI is InChI=1S/C16H14ClN3/c1-2-20(12-8-4-3-5-9-12)15-13-10-6-7-11-14(13)18-16(17)19-15/h3-11H,2H2,1H3. The lowest BCUT2D eigenvalue weighted by Crippen LogP contribution is -2.18. The molecule has 0 unspecified atom stereocenters. The van der Waals surface area contributed by atoms with E-state index in [-0.39, 0.29) is 5.28 Å². The fourth-order valence-electron chi connectivity index (χ4n) is 2.30. The monoisotopic (exact) mass is 283 g/mol. The summed E-state index contributed by atoms with van der Waals surface area (Å²) in [5.74, 6) is 0.842. The van der Waals surface area contributed by atoms with Gasteiger partial charge >= 0.3 is 0 Å². The maximum Gasteiger partial charge on any atom is 0.224 e. The molecular formula is C16H14ClN3. The zero-order chi connectivity index (χ0) is 13.9. The highest BCUT2D eigenvalue weighted by Crippen LogP contribution is 2.30. The summed E-state index contributed by atoms with van der Waals surface area (Å²) in [5, 5.41) is 1.27. The molecule has 0 aliphatic rings. The van der Waals surface area contributed by atoms with Crippen LogP contribution in [0.3, 0.4) is 0 Å². The Morgan fingerprint density at radius 3 is 2.40 bits per heavy atom. The van der Waals surface area contributed by atoms with Gasteiger partial charge in [-0.25, -0.2) is 4.98 Å². The molecule has 3 rings (SSSR count). The first-order valence-corrected chi connectivity index (χ1v) is 6.92. The van der Waals surface area contributed by atoms with E-state index < -0.39 is 0 Å². The Bertz CT molecular complexity index is 728. The van der Waals surface area contributed by atoms with Gasteiger partial charge in [0.15, 0.2) is 0 Å². The second kappa shape index (κ2) is 5.47. The summed E-state index contributed by atoms with van der Waals surface area (Å²) in [4.78, 5) is 10.8. The molecular weight excluding hydrogens is 270 g/mol. The molecule has 100 valence electrons.